The molecule has 0 amide bonds. The summed E-state index contributed by atoms with van der Waals surface area (Å²) in [4.78, 5) is 0. The Balaban J connectivity index is 2.51. The number of rotatable bonds is 5. The molecule has 2 rings (SSSR count). The smallest absolute Gasteiger partial charge is 0.133 e. The van der Waals surface area contributed by atoms with E-state index in [1.807, 2.05) is 31.2 Å². The molecule has 2 nitrogen and oxygen atoms in total. The molecule has 0 heterocycles. The molecular weight excluding hydrogens is 401 g/mol. The molecule has 1 atom stereocenters. The lowest BCUT2D eigenvalue weighted by atomic mass is 9.98. The number of nitrogens with one attached hydrogen (secondary N) is 1. The van der Waals surface area contributed by atoms with Crippen molar-refractivity contribution in [1.29, 1.82) is 0 Å². The first-order valence-corrected chi connectivity index (χ1v) is 8.17. The van der Waals surface area contributed by atoms with Crippen molar-refractivity contribution in [2.24, 2.45) is 0 Å². The van der Waals surface area contributed by atoms with Gasteiger partial charge < -0.3 is 10.1 Å². The average Bonchev–Trinajstić information content (AvgIpc) is 2.46. The van der Waals surface area contributed by atoms with Crippen molar-refractivity contribution >= 4 is 31.9 Å². The highest BCUT2D eigenvalue weighted by Gasteiger charge is 2.20. The largest absolute Gasteiger partial charge is 0.496 e. The van der Waals surface area contributed by atoms with Crippen LogP contribution in [0.25, 0.3) is 0 Å². The van der Waals surface area contributed by atoms with E-state index < -0.39 is 0 Å². The second kappa shape index (κ2) is 7.38. The molecule has 112 valence electrons. The van der Waals surface area contributed by atoms with Crippen molar-refractivity contribution in [3.63, 3.8) is 0 Å². The summed E-state index contributed by atoms with van der Waals surface area (Å²) >= 11 is 6.92. The van der Waals surface area contributed by atoms with Gasteiger partial charge in [0.15, 0.2) is 0 Å². The van der Waals surface area contributed by atoms with Crippen LogP contribution >= 0.6 is 31.9 Å². The fourth-order valence-corrected chi connectivity index (χ4v) is 3.37. The number of ether oxygens (including phenoxy) is 1. The first kappa shape index (κ1) is 16.5. The Hall–Kier alpha value is -0.910. The maximum atomic E-state index is 14.2. The molecule has 0 saturated heterocycles. The highest BCUT2D eigenvalue weighted by molar-refractivity contribution is 9.10. The van der Waals surface area contributed by atoms with E-state index in [0.29, 0.717) is 5.56 Å². The third-order valence-electron chi connectivity index (χ3n) is 3.21. The predicted octanol–water partition coefficient (Wildman–Crippen LogP) is 5.06. The first-order chi connectivity index (χ1) is 10.1. The number of methoxy groups -OCH3 is 1. The van der Waals surface area contributed by atoms with Gasteiger partial charge in [0.2, 0.25) is 0 Å². The van der Waals surface area contributed by atoms with Gasteiger partial charge in [-0.2, -0.15) is 0 Å². The topological polar surface area (TPSA) is 21.3 Å². The van der Waals surface area contributed by atoms with Crippen molar-refractivity contribution in [2.45, 2.75) is 13.0 Å². The van der Waals surface area contributed by atoms with Gasteiger partial charge in [-0.3, -0.25) is 0 Å². The van der Waals surface area contributed by atoms with E-state index in [4.69, 9.17) is 4.74 Å². The summed E-state index contributed by atoms with van der Waals surface area (Å²) in [5.41, 5.74) is 1.58. The van der Waals surface area contributed by atoms with Crippen molar-refractivity contribution in [3.8, 4) is 5.75 Å². The Morgan fingerprint density at radius 3 is 2.52 bits per heavy atom. The van der Waals surface area contributed by atoms with Crippen molar-refractivity contribution < 1.29 is 9.13 Å². The van der Waals surface area contributed by atoms with Gasteiger partial charge in [-0.1, -0.05) is 35.0 Å². The lowest BCUT2D eigenvalue weighted by molar-refractivity contribution is 0.411. The summed E-state index contributed by atoms with van der Waals surface area (Å²) in [6.07, 6.45) is 0. The number of hydrogen-bond donors (Lipinski definition) is 1. The molecule has 0 radical (unpaired) electrons. The summed E-state index contributed by atoms with van der Waals surface area (Å²) in [6.45, 7) is 2.73. The van der Waals surface area contributed by atoms with Gasteiger partial charge in [-0.25, -0.2) is 4.39 Å². The molecule has 0 spiro atoms. The Kier molecular flexibility index (Phi) is 5.79. The summed E-state index contributed by atoms with van der Waals surface area (Å²) in [7, 11) is 1.62. The minimum Gasteiger partial charge on any atom is -0.496 e. The minimum atomic E-state index is -0.234. The van der Waals surface area contributed by atoms with Crippen LogP contribution in [0.1, 0.15) is 24.1 Å². The lowest BCUT2D eigenvalue weighted by Gasteiger charge is -2.21. The third-order valence-corrected chi connectivity index (χ3v) is 4.52. The molecule has 1 unspecified atom stereocenters. The monoisotopic (exact) mass is 415 g/mol. The second-order valence-corrected chi connectivity index (χ2v) is 6.23. The van der Waals surface area contributed by atoms with Crippen LogP contribution in [0.3, 0.4) is 0 Å². The molecule has 0 aromatic heterocycles. The summed E-state index contributed by atoms with van der Waals surface area (Å²) < 4.78 is 21.1. The predicted molar refractivity (Wildman–Crippen MR) is 90.3 cm³/mol. The molecule has 1 N–H and O–H groups in total. The molecule has 0 aliphatic carbocycles. The van der Waals surface area contributed by atoms with Gasteiger partial charge in [-0.15, -0.1) is 0 Å². The molecular formula is C16H16Br2FNO. The summed E-state index contributed by atoms with van der Waals surface area (Å²) in [5.74, 6) is 0.517. The summed E-state index contributed by atoms with van der Waals surface area (Å²) in [5, 5.41) is 3.33. The van der Waals surface area contributed by atoms with Gasteiger partial charge in [-0.05, 0) is 52.3 Å². The number of halogens is 3. The van der Waals surface area contributed by atoms with Gasteiger partial charge in [0.05, 0.1) is 17.6 Å². The second-order valence-electron chi connectivity index (χ2n) is 4.52. The van der Waals surface area contributed by atoms with Crippen LogP contribution in [-0.2, 0) is 0 Å². The minimum absolute atomic E-state index is 0.229. The molecule has 0 aliphatic rings. The van der Waals surface area contributed by atoms with Crippen molar-refractivity contribution in [1.82, 2.24) is 5.32 Å². The van der Waals surface area contributed by atoms with Crippen LogP contribution in [0.15, 0.2) is 45.3 Å². The maximum absolute atomic E-state index is 14.2. The molecule has 2 aromatic carbocycles. The van der Waals surface area contributed by atoms with E-state index in [2.05, 4.69) is 37.2 Å². The van der Waals surface area contributed by atoms with Crippen LogP contribution < -0.4 is 10.1 Å². The zero-order valence-electron chi connectivity index (χ0n) is 11.8. The maximum Gasteiger partial charge on any atom is 0.133 e. The van der Waals surface area contributed by atoms with Gasteiger partial charge in [0, 0.05) is 10.0 Å². The fourth-order valence-electron chi connectivity index (χ4n) is 2.24. The van der Waals surface area contributed by atoms with Gasteiger partial charge >= 0.3 is 0 Å². The van der Waals surface area contributed by atoms with Gasteiger partial charge in [0.25, 0.3) is 0 Å². The van der Waals surface area contributed by atoms with Crippen LogP contribution in [0, 0.1) is 5.82 Å². The van der Waals surface area contributed by atoms with E-state index in [1.54, 1.807) is 13.2 Å². The molecule has 0 aliphatic heterocycles. The third kappa shape index (κ3) is 3.65. The molecule has 0 bridgehead atoms. The zero-order chi connectivity index (χ0) is 15.4. The van der Waals surface area contributed by atoms with E-state index >= 15 is 0 Å². The Morgan fingerprint density at radius 2 is 1.95 bits per heavy atom. The van der Waals surface area contributed by atoms with Crippen LogP contribution in [-0.4, -0.2) is 13.7 Å². The zero-order valence-corrected chi connectivity index (χ0v) is 15.0. The molecule has 5 heteroatoms. The Bertz CT molecular complexity index is 613. The van der Waals surface area contributed by atoms with E-state index in [9.17, 15) is 4.39 Å². The van der Waals surface area contributed by atoms with Crippen LogP contribution in [0.5, 0.6) is 5.75 Å². The molecule has 0 saturated carbocycles. The number of hydrogen-bond acceptors (Lipinski definition) is 2. The molecule has 21 heavy (non-hydrogen) atoms. The molecule has 2 aromatic rings. The quantitative estimate of drug-likeness (QED) is 0.735. The average molecular weight is 417 g/mol. The van der Waals surface area contributed by atoms with Crippen molar-refractivity contribution in [2.75, 3.05) is 13.7 Å². The number of benzene rings is 2. The Morgan fingerprint density at radius 1 is 1.19 bits per heavy atom. The Labute approximate surface area is 141 Å². The van der Waals surface area contributed by atoms with E-state index in [0.717, 1.165) is 26.8 Å². The van der Waals surface area contributed by atoms with Crippen LogP contribution in [0.4, 0.5) is 4.39 Å². The fraction of sp³-hybridized carbons (Fsp3) is 0.250. The highest BCUT2D eigenvalue weighted by atomic mass is 79.9. The highest BCUT2D eigenvalue weighted by Crippen LogP contribution is 2.34. The molecule has 0 fully saturated rings. The lowest BCUT2D eigenvalue weighted by Crippen LogP contribution is -2.23. The first-order valence-electron chi connectivity index (χ1n) is 6.59. The van der Waals surface area contributed by atoms with E-state index in [-0.39, 0.29) is 11.9 Å². The van der Waals surface area contributed by atoms with E-state index in [1.165, 1.54) is 6.07 Å². The standard InChI is InChI=1S/C16H16Br2FNO/c1-3-20-16(15-11(17)5-4-6-13(15)19)10-7-8-14(21-2)12(18)9-10/h4-9,16,20H,3H2,1-2H3. The summed E-state index contributed by atoms with van der Waals surface area (Å²) in [6, 6.07) is 10.5. The van der Waals surface area contributed by atoms with Gasteiger partial charge in [0.1, 0.15) is 11.6 Å². The SMILES string of the molecule is CCNC(c1ccc(OC)c(Br)c1)c1c(F)cccc1Br. The van der Waals surface area contributed by atoms with Crippen molar-refractivity contribution in [3.05, 3.63) is 62.3 Å². The normalized spacial score (nSPS) is 12.2. The van der Waals surface area contributed by atoms with Crippen LogP contribution in [0.2, 0.25) is 0 Å².